The zero-order valence-electron chi connectivity index (χ0n) is 14.0. The molecule has 6 heteroatoms. The number of hydrogen-bond donors (Lipinski definition) is 2. The van der Waals surface area contributed by atoms with Crippen LogP contribution in [-0.2, 0) is 4.79 Å². The van der Waals surface area contributed by atoms with Crippen molar-refractivity contribution < 1.29 is 9.53 Å². The molecule has 0 atom stereocenters. The fourth-order valence-corrected chi connectivity index (χ4v) is 5.57. The van der Waals surface area contributed by atoms with Gasteiger partial charge >= 0.3 is 0 Å². The zero-order chi connectivity index (χ0) is 17.4. The number of hydrogen-bond acceptors (Lipinski definition) is 3. The number of ether oxygens (including phenoxy) is 1. The summed E-state index contributed by atoms with van der Waals surface area (Å²) in [6.07, 6.45) is 6.71. The molecule has 4 aliphatic rings. The normalized spacial score (nSPS) is 32.3. The highest BCUT2D eigenvalue weighted by Gasteiger charge is 2.48. The van der Waals surface area contributed by atoms with Crippen LogP contribution >= 0.6 is 23.8 Å². The molecule has 0 aliphatic heterocycles. The number of halogens is 1. The largest absolute Gasteiger partial charge is 0.484 e. The van der Waals surface area contributed by atoms with Crippen LogP contribution in [0.4, 0.5) is 0 Å². The minimum absolute atomic E-state index is 0.0644. The summed E-state index contributed by atoms with van der Waals surface area (Å²) in [5.74, 6) is 3.66. The maximum absolute atomic E-state index is 12.1. The van der Waals surface area contributed by atoms with Gasteiger partial charge in [-0.05, 0) is 92.3 Å². The van der Waals surface area contributed by atoms with E-state index < -0.39 is 0 Å². The Labute approximate surface area is 158 Å². The van der Waals surface area contributed by atoms with E-state index in [0.29, 0.717) is 21.9 Å². The second-order valence-corrected chi connectivity index (χ2v) is 8.57. The van der Waals surface area contributed by atoms with E-state index in [1.807, 2.05) is 0 Å². The Bertz CT molecular complexity index is 636. The van der Waals surface area contributed by atoms with Crippen molar-refractivity contribution >= 4 is 34.8 Å². The number of benzene rings is 1. The molecule has 0 saturated heterocycles. The van der Waals surface area contributed by atoms with Gasteiger partial charge in [0.05, 0.1) is 0 Å². The minimum atomic E-state index is -0.240. The minimum Gasteiger partial charge on any atom is -0.484 e. The summed E-state index contributed by atoms with van der Waals surface area (Å²) in [6, 6.07) is 7.36. The van der Waals surface area contributed by atoms with E-state index in [0.717, 1.165) is 23.7 Å². The predicted octanol–water partition coefficient (Wildman–Crippen LogP) is 3.53. The number of carbonyl (C=O) groups is 1. The summed E-state index contributed by atoms with van der Waals surface area (Å²) in [6.45, 7) is -0.0644. The highest BCUT2D eigenvalue weighted by Crippen LogP contribution is 2.53. The highest BCUT2D eigenvalue weighted by molar-refractivity contribution is 7.80. The molecule has 134 valence electrons. The van der Waals surface area contributed by atoms with E-state index in [4.69, 9.17) is 28.6 Å². The second-order valence-electron chi connectivity index (χ2n) is 7.72. The van der Waals surface area contributed by atoms with E-state index in [9.17, 15) is 4.79 Å². The lowest BCUT2D eigenvalue weighted by Crippen LogP contribution is -2.58. The molecule has 0 heterocycles. The molecular weight excluding hydrogens is 356 g/mol. The van der Waals surface area contributed by atoms with Crippen LogP contribution in [0.1, 0.15) is 32.1 Å². The molecule has 0 unspecified atom stereocenters. The van der Waals surface area contributed by atoms with E-state index in [-0.39, 0.29) is 12.5 Å². The predicted molar refractivity (Wildman–Crippen MR) is 102 cm³/mol. The first-order valence-corrected chi connectivity index (χ1v) is 9.84. The molecule has 0 spiro atoms. The quantitative estimate of drug-likeness (QED) is 0.787. The van der Waals surface area contributed by atoms with Crippen LogP contribution in [0.2, 0.25) is 5.02 Å². The highest BCUT2D eigenvalue weighted by atomic mass is 35.5. The number of thiocarbonyl (C=S) groups is 1. The van der Waals surface area contributed by atoms with Crippen LogP contribution in [0.3, 0.4) is 0 Å². The third kappa shape index (κ3) is 3.93. The SMILES string of the molecule is O=C(COc1ccc(Cl)cc1)NC(=S)NC1C2CC3CC(C2)CC1C3. The molecule has 4 fully saturated rings. The Hall–Kier alpha value is -1.33. The van der Waals surface area contributed by atoms with Gasteiger partial charge in [-0.1, -0.05) is 11.6 Å². The summed E-state index contributed by atoms with van der Waals surface area (Å²) >= 11 is 11.2. The van der Waals surface area contributed by atoms with Gasteiger partial charge in [0.15, 0.2) is 11.7 Å². The molecule has 1 amide bonds. The van der Waals surface area contributed by atoms with Crippen molar-refractivity contribution in [2.45, 2.75) is 38.1 Å². The average Bonchev–Trinajstić information content (AvgIpc) is 2.57. The van der Waals surface area contributed by atoms with Crippen LogP contribution in [-0.4, -0.2) is 23.7 Å². The molecule has 0 aromatic heterocycles. The van der Waals surface area contributed by atoms with Gasteiger partial charge in [0.25, 0.3) is 5.91 Å². The maximum atomic E-state index is 12.1. The molecule has 4 aliphatic carbocycles. The van der Waals surface area contributed by atoms with Crippen LogP contribution in [0, 0.1) is 23.7 Å². The van der Waals surface area contributed by atoms with E-state index in [1.165, 1.54) is 32.1 Å². The van der Waals surface area contributed by atoms with Crippen LogP contribution in [0.5, 0.6) is 5.75 Å². The zero-order valence-corrected chi connectivity index (χ0v) is 15.6. The Kier molecular flexibility index (Phi) is 4.87. The Balaban J connectivity index is 1.24. The first kappa shape index (κ1) is 17.1. The van der Waals surface area contributed by atoms with Gasteiger partial charge in [0.2, 0.25) is 0 Å². The van der Waals surface area contributed by atoms with Gasteiger partial charge in [-0.15, -0.1) is 0 Å². The van der Waals surface area contributed by atoms with Crippen LogP contribution < -0.4 is 15.4 Å². The lowest BCUT2D eigenvalue weighted by atomic mass is 9.54. The van der Waals surface area contributed by atoms with E-state index in [2.05, 4.69) is 10.6 Å². The van der Waals surface area contributed by atoms with Gasteiger partial charge in [0.1, 0.15) is 5.75 Å². The van der Waals surface area contributed by atoms with E-state index in [1.54, 1.807) is 24.3 Å². The third-order valence-corrected chi connectivity index (χ3v) is 6.43. The second kappa shape index (κ2) is 7.12. The summed E-state index contributed by atoms with van der Waals surface area (Å²) < 4.78 is 5.45. The molecule has 4 nitrogen and oxygen atoms in total. The molecule has 4 bridgehead atoms. The Morgan fingerprint density at radius 3 is 2.28 bits per heavy atom. The molecule has 0 radical (unpaired) electrons. The van der Waals surface area contributed by atoms with Gasteiger partial charge in [-0.25, -0.2) is 0 Å². The summed E-state index contributed by atoms with van der Waals surface area (Å²) in [5.41, 5.74) is 0. The van der Waals surface area contributed by atoms with Crippen molar-refractivity contribution in [1.29, 1.82) is 0 Å². The summed E-state index contributed by atoms with van der Waals surface area (Å²) in [7, 11) is 0. The van der Waals surface area contributed by atoms with Crippen molar-refractivity contribution in [3.8, 4) is 5.75 Å². The molecule has 4 saturated carbocycles. The van der Waals surface area contributed by atoms with Gasteiger partial charge in [0, 0.05) is 11.1 Å². The van der Waals surface area contributed by atoms with Crippen molar-refractivity contribution in [1.82, 2.24) is 10.6 Å². The molecule has 5 rings (SSSR count). The first-order valence-electron chi connectivity index (χ1n) is 9.05. The number of rotatable bonds is 4. The van der Waals surface area contributed by atoms with Gasteiger partial charge < -0.3 is 15.4 Å². The topological polar surface area (TPSA) is 50.4 Å². The van der Waals surface area contributed by atoms with Gasteiger partial charge in [-0.3, -0.25) is 4.79 Å². The third-order valence-electron chi connectivity index (χ3n) is 5.96. The first-order chi connectivity index (χ1) is 12.1. The fraction of sp³-hybridized carbons (Fsp3) is 0.579. The maximum Gasteiger partial charge on any atom is 0.264 e. The Morgan fingerprint density at radius 1 is 1.08 bits per heavy atom. The fourth-order valence-electron chi connectivity index (χ4n) is 5.19. The number of carbonyl (C=O) groups excluding carboxylic acids is 1. The van der Waals surface area contributed by atoms with Gasteiger partial charge in [-0.2, -0.15) is 0 Å². The van der Waals surface area contributed by atoms with Crippen molar-refractivity contribution in [2.24, 2.45) is 23.7 Å². The number of amides is 1. The molecule has 1 aromatic carbocycles. The summed E-state index contributed by atoms with van der Waals surface area (Å²) in [5, 5.41) is 7.25. The Morgan fingerprint density at radius 2 is 1.68 bits per heavy atom. The van der Waals surface area contributed by atoms with E-state index >= 15 is 0 Å². The molecular formula is C19H23ClN2O2S. The molecule has 25 heavy (non-hydrogen) atoms. The molecule has 2 N–H and O–H groups in total. The lowest BCUT2D eigenvalue weighted by Gasteiger charge is -2.54. The standard InChI is InChI=1S/C19H23ClN2O2S/c20-15-1-3-16(4-2-15)24-10-17(23)21-19(25)22-18-13-6-11-5-12(8-13)9-14(18)7-11/h1-4,11-14,18H,5-10H2,(H2,21,22,23,25). The smallest absolute Gasteiger partial charge is 0.264 e. The van der Waals surface area contributed by atoms with Crippen molar-refractivity contribution in [3.63, 3.8) is 0 Å². The van der Waals surface area contributed by atoms with Crippen LogP contribution in [0.15, 0.2) is 24.3 Å². The van der Waals surface area contributed by atoms with Crippen LogP contribution in [0.25, 0.3) is 0 Å². The average molecular weight is 379 g/mol. The van der Waals surface area contributed by atoms with Crippen molar-refractivity contribution in [2.75, 3.05) is 6.61 Å². The summed E-state index contributed by atoms with van der Waals surface area (Å²) in [4.78, 5) is 12.1. The van der Waals surface area contributed by atoms with Crippen molar-refractivity contribution in [3.05, 3.63) is 29.3 Å². The number of nitrogens with one attached hydrogen (secondary N) is 2. The lowest BCUT2D eigenvalue weighted by molar-refractivity contribution is -0.121. The molecule has 1 aromatic rings. The monoisotopic (exact) mass is 378 g/mol.